The number of aromatic nitrogens is 3. The van der Waals surface area contributed by atoms with E-state index in [1.54, 1.807) is 0 Å². The van der Waals surface area contributed by atoms with Crippen LogP contribution in [-0.2, 0) is 0 Å². The van der Waals surface area contributed by atoms with Gasteiger partial charge in [-0.05, 0) is 20.0 Å². The van der Waals surface area contributed by atoms with E-state index in [0.29, 0.717) is 10.6 Å². The Morgan fingerprint density at radius 3 is 2.95 bits per heavy atom. The van der Waals surface area contributed by atoms with E-state index >= 15 is 0 Å². The molecule has 0 bridgehead atoms. The zero-order valence-electron chi connectivity index (χ0n) is 10.9. The Morgan fingerprint density at radius 1 is 1.37 bits per heavy atom. The average Bonchev–Trinajstić information content (AvgIpc) is 2.90. The second-order valence-corrected chi connectivity index (χ2v) is 6.33. The molecule has 4 heterocycles. The second-order valence-electron chi connectivity index (χ2n) is 5.94. The maximum Gasteiger partial charge on any atom is 0.159 e. The molecule has 0 aliphatic carbocycles. The van der Waals surface area contributed by atoms with Crippen LogP contribution in [0.15, 0.2) is 12.3 Å². The van der Waals surface area contributed by atoms with Gasteiger partial charge in [-0.25, -0.2) is 4.98 Å². The lowest BCUT2D eigenvalue weighted by Crippen LogP contribution is -2.57. The van der Waals surface area contributed by atoms with E-state index in [1.165, 1.54) is 19.5 Å². The zero-order valence-corrected chi connectivity index (χ0v) is 11.6. The van der Waals surface area contributed by atoms with E-state index in [4.69, 9.17) is 11.6 Å². The fraction of sp³-hybridized carbons (Fsp3) is 0.538. The SMILES string of the molecule is CN1CCC2(C1)CN(c1n[nH]c3cc(Cl)ncc13)C2. The van der Waals surface area contributed by atoms with E-state index in [0.717, 1.165) is 29.8 Å². The third kappa shape index (κ3) is 1.72. The summed E-state index contributed by atoms with van der Waals surface area (Å²) in [6.07, 6.45) is 3.11. The molecule has 2 fully saturated rings. The fourth-order valence-corrected chi connectivity index (χ4v) is 3.60. The molecule has 0 unspecified atom stereocenters. The monoisotopic (exact) mass is 277 g/mol. The first-order valence-corrected chi connectivity index (χ1v) is 6.96. The van der Waals surface area contributed by atoms with Crippen molar-refractivity contribution in [3.63, 3.8) is 0 Å². The van der Waals surface area contributed by atoms with Gasteiger partial charge in [-0.15, -0.1) is 0 Å². The number of aromatic amines is 1. The normalized spacial score (nSPS) is 22.3. The van der Waals surface area contributed by atoms with Gasteiger partial charge in [0.25, 0.3) is 0 Å². The first-order valence-electron chi connectivity index (χ1n) is 6.58. The quantitative estimate of drug-likeness (QED) is 0.807. The number of hydrogen-bond acceptors (Lipinski definition) is 4. The Labute approximate surface area is 116 Å². The van der Waals surface area contributed by atoms with Crippen LogP contribution in [0.5, 0.6) is 0 Å². The van der Waals surface area contributed by atoms with Crippen molar-refractivity contribution in [2.45, 2.75) is 6.42 Å². The molecule has 1 spiro atoms. The minimum absolute atomic E-state index is 0.486. The first kappa shape index (κ1) is 11.5. The maximum atomic E-state index is 5.89. The van der Waals surface area contributed by atoms with Crippen LogP contribution in [0.25, 0.3) is 10.9 Å². The number of nitrogens with one attached hydrogen (secondary N) is 1. The summed E-state index contributed by atoms with van der Waals surface area (Å²) in [6, 6.07) is 1.83. The summed E-state index contributed by atoms with van der Waals surface area (Å²) in [6.45, 7) is 4.61. The van der Waals surface area contributed by atoms with Crippen molar-refractivity contribution in [3.8, 4) is 0 Å². The van der Waals surface area contributed by atoms with E-state index in [2.05, 4.69) is 32.0 Å². The first-order chi connectivity index (χ1) is 9.15. The van der Waals surface area contributed by atoms with E-state index in [1.807, 2.05) is 12.3 Å². The highest BCUT2D eigenvalue weighted by Gasteiger charge is 2.47. The number of pyridine rings is 1. The molecule has 0 saturated carbocycles. The highest BCUT2D eigenvalue weighted by Crippen LogP contribution is 2.42. The van der Waals surface area contributed by atoms with E-state index in [-0.39, 0.29) is 0 Å². The number of nitrogens with zero attached hydrogens (tertiary/aromatic N) is 4. The topological polar surface area (TPSA) is 48.0 Å². The number of likely N-dealkylation sites (tertiary alicyclic amines) is 1. The van der Waals surface area contributed by atoms with Gasteiger partial charge in [-0.3, -0.25) is 5.10 Å². The Morgan fingerprint density at radius 2 is 2.21 bits per heavy atom. The molecule has 6 heteroatoms. The minimum Gasteiger partial charge on any atom is -0.353 e. The number of fused-ring (bicyclic) bond motifs is 1. The molecule has 19 heavy (non-hydrogen) atoms. The van der Waals surface area contributed by atoms with Gasteiger partial charge < -0.3 is 9.80 Å². The maximum absolute atomic E-state index is 5.89. The van der Waals surface area contributed by atoms with Gasteiger partial charge in [0, 0.05) is 37.3 Å². The minimum atomic E-state index is 0.486. The number of H-pyrrole nitrogens is 1. The number of rotatable bonds is 1. The Hall–Kier alpha value is -1.33. The van der Waals surface area contributed by atoms with Gasteiger partial charge in [-0.1, -0.05) is 11.6 Å². The number of anilines is 1. The van der Waals surface area contributed by atoms with Crippen LogP contribution in [0.4, 0.5) is 5.82 Å². The molecule has 4 rings (SSSR count). The highest BCUT2D eigenvalue weighted by molar-refractivity contribution is 6.30. The highest BCUT2D eigenvalue weighted by atomic mass is 35.5. The Kier molecular flexibility index (Phi) is 2.32. The van der Waals surface area contributed by atoms with Crippen LogP contribution in [0.2, 0.25) is 5.15 Å². The van der Waals surface area contributed by atoms with Crippen LogP contribution in [0.1, 0.15) is 6.42 Å². The smallest absolute Gasteiger partial charge is 0.159 e. The van der Waals surface area contributed by atoms with Gasteiger partial charge in [0.2, 0.25) is 0 Å². The fourth-order valence-electron chi connectivity index (χ4n) is 3.45. The van der Waals surface area contributed by atoms with Crippen LogP contribution in [0, 0.1) is 5.41 Å². The molecule has 0 aromatic carbocycles. The van der Waals surface area contributed by atoms with Gasteiger partial charge in [0.05, 0.1) is 10.9 Å². The lowest BCUT2D eigenvalue weighted by molar-refractivity contribution is 0.217. The van der Waals surface area contributed by atoms with Crippen molar-refractivity contribution < 1.29 is 0 Å². The lowest BCUT2D eigenvalue weighted by Gasteiger charge is -2.48. The Bertz CT molecular complexity index is 631. The summed E-state index contributed by atoms with van der Waals surface area (Å²) < 4.78 is 0. The number of hydrogen-bond donors (Lipinski definition) is 1. The number of halogens is 1. The van der Waals surface area contributed by atoms with Gasteiger partial charge >= 0.3 is 0 Å². The average molecular weight is 278 g/mol. The predicted molar refractivity (Wildman–Crippen MR) is 75.7 cm³/mol. The molecule has 1 N–H and O–H groups in total. The molecule has 0 amide bonds. The van der Waals surface area contributed by atoms with Crippen LogP contribution >= 0.6 is 11.6 Å². The summed E-state index contributed by atoms with van der Waals surface area (Å²) in [5, 5.41) is 9.02. The molecule has 5 nitrogen and oxygen atoms in total. The van der Waals surface area contributed by atoms with E-state index < -0.39 is 0 Å². The summed E-state index contributed by atoms with van der Waals surface area (Å²) in [7, 11) is 2.20. The summed E-state index contributed by atoms with van der Waals surface area (Å²) in [5.74, 6) is 1.01. The predicted octanol–water partition coefficient (Wildman–Crippen LogP) is 1.75. The molecule has 2 aromatic rings. The molecule has 2 aliphatic rings. The van der Waals surface area contributed by atoms with Crippen molar-refractivity contribution in [1.82, 2.24) is 20.1 Å². The van der Waals surface area contributed by atoms with Crippen molar-refractivity contribution in [2.75, 3.05) is 38.1 Å². The molecule has 100 valence electrons. The summed E-state index contributed by atoms with van der Waals surface area (Å²) >= 11 is 5.89. The molecule has 0 radical (unpaired) electrons. The van der Waals surface area contributed by atoms with Crippen LogP contribution in [-0.4, -0.2) is 53.3 Å². The second kappa shape index (κ2) is 3.84. The van der Waals surface area contributed by atoms with Crippen LogP contribution in [0.3, 0.4) is 0 Å². The van der Waals surface area contributed by atoms with Gasteiger partial charge in [0.1, 0.15) is 5.15 Å². The lowest BCUT2D eigenvalue weighted by atomic mass is 9.79. The molecular weight excluding hydrogens is 262 g/mol. The standard InChI is InChI=1S/C13H16ClN5/c1-18-3-2-13(6-18)7-19(8-13)12-9-5-15-11(14)4-10(9)16-17-12/h4-5H,2-3,6-8H2,1H3,(H,16,17). The third-order valence-electron chi connectivity index (χ3n) is 4.38. The molecule has 2 aromatic heterocycles. The molecular formula is C13H16ClN5. The van der Waals surface area contributed by atoms with E-state index in [9.17, 15) is 0 Å². The summed E-state index contributed by atoms with van der Waals surface area (Å²) in [5.41, 5.74) is 1.44. The van der Waals surface area contributed by atoms with Crippen molar-refractivity contribution in [2.24, 2.45) is 5.41 Å². The largest absolute Gasteiger partial charge is 0.353 e. The van der Waals surface area contributed by atoms with Crippen LogP contribution < -0.4 is 4.90 Å². The van der Waals surface area contributed by atoms with Crippen molar-refractivity contribution >= 4 is 28.3 Å². The van der Waals surface area contributed by atoms with Gasteiger partial charge in [0.15, 0.2) is 5.82 Å². The molecule has 2 aliphatic heterocycles. The van der Waals surface area contributed by atoms with Crippen molar-refractivity contribution in [1.29, 1.82) is 0 Å². The zero-order chi connectivity index (χ0) is 13.0. The third-order valence-corrected chi connectivity index (χ3v) is 4.58. The Balaban J connectivity index is 1.60. The van der Waals surface area contributed by atoms with Crippen molar-refractivity contribution in [3.05, 3.63) is 17.4 Å². The van der Waals surface area contributed by atoms with Gasteiger partial charge in [-0.2, -0.15) is 5.10 Å². The molecule has 2 saturated heterocycles. The summed E-state index contributed by atoms with van der Waals surface area (Å²) in [4.78, 5) is 8.91. The molecule has 0 atom stereocenters.